The molecule has 19 heavy (non-hydrogen) atoms. The van der Waals surface area contributed by atoms with Gasteiger partial charge in [-0.2, -0.15) is 0 Å². The van der Waals surface area contributed by atoms with Crippen molar-refractivity contribution in [3.05, 3.63) is 45.0 Å². The molecule has 1 N–H and O–H groups in total. The molecule has 0 saturated carbocycles. The summed E-state index contributed by atoms with van der Waals surface area (Å²) in [4.78, 5) is 7.27. The van der Waals surface area contributed by atoms with E-state index in [1.807, 2.05) is 13.0 Å². The smallest absolute Gasteiger partial charge is 0.264 e. The summed E-state index contributed by atoms with van der Waals surface area (Å²) in [6, 6.07) is 5.30. The topological polar surface area (TPSA) is 72.0 Å². The number of hydrogen-bond acceptors (Lipinski definition) is 4. The second-order valence-electron chi connectivity index (χ2n) is 3.76. The van der Waals surface area contributed by atoms with Gasteiger partial charge in [-0.1, -0.05) is 6.07 Å². The lowest BCUT2D eigenvalue weighted by Gasteiger charge is -2.08. The third-order valence-electron chi connectivity index (χ3n) is 2.33. The lowest BCUT2D eigenvalue weighted by molar-refractivity contribution is 0.600. The minimum atomic E-state index is -3.70. The molecule has 0 amide bonds. The van der Waals surface area contributed by atoms with E-state index in [2.05, 4.69) is 37.3 Å². The van der Waals surface area contributed by atoms with Crippen molar-refractivity contribution in [2.75, 3.05) is 4.72 Å². The van der Waals surface area contributed by atoms with Crippen LogP contribution in [0.25, 0.3) is 0 Å². The van der Waals surface area contributed by atoms with E-state index in [4.69, 9.17) is 11.6 Å². The Kier molecular flexibility index (Phi) is 4.26. The first-order valence-corrected chi connectivity index (χ1v) is 8.09. The Morgan fingerprint density at radius 1 is 1.26 bits per heavy atom. The maximum atomic E-state index is 12.1. The first-order chi connectivity index (χ1) is 8.88. The summed E-state index contributed by atoms with van der Waals surface area (Å²) in [5, 5.41) is 0.00355. The molecule has 0 aliphatic heterocycles. The van der Waals surface area contributed by atoms with E-state index in [1.54, 1.807) is 12.1 Å². The van der Waals surface area contributed by atoms with Gasteiger partial charge in [-0.15, -0.1) is 0 Å². The third kappa shape index (κ3) is 3.54. The fourth-order valence-corrected chi connectivity index (χ4v) is 2.86. The monoisotopic (exact) mass is 409 g/mol. The predicted octanol–water partition coefficient (Wildman–Crippen LogP) is 2.84. The van der Waals surface area contributed by atoms with Gasteiger partial charge in [-0.25, -0.2) is 18.4 Å². The number of aryl methyl sites for hydroxylation is 1. The average molecular weight is 410 g/mol. The molecule has 100 valence electrons. The summed E-state index contributed by atoms with van der Waals surface area (Å²) < 4.78 is 27.6. The molecule has 5 nitrogen and oxygen atoms in total. The van der Waals surface area contributed by atoms with Gasteiger partial charge in [-0.3, -0.25) is 4.72 Å². The van der Waals surface area contributed by atoms with Gasteiger partial charge in [0.1, 0.15) is 4.90 Å². The highest BCUT2D eigenvalue weighted by Gasteiger charge is 2.15. The van der Waals surface area contributed by atoms with E-state index in [0.717, 1.165) is 21.5 Å². The molecule has 0 fully saturated rings. The van der Waals surface area contributed by atoms with Crippen LogP contribution in [0.3, 0.4) is 0 Å². The number of hydrogen-bond donors (Lipinski definition) is 1. The highest BCUT2D eigenvalue weighted by molar-refractivity contribution is 14.1. The van der Waals surface area contributed by atoms with Gasteiger partial charge >= 0.3 is 0 Å². The van der Waals surface area contributed by atoms with Gasteiger partial charge in [0.05, 0.1) is 12.4 Å². The molecule has 0 saturated heterocycles. The molecule has 0 unspecified atom stereocenters. The Hall–Kier alpha value is -0.930. The van der Waals surface area contributed by atoms with E-state index in [-0.39, 0.29) is 10.2 Å². The van der Waals surface area contributed by atoms with Crippen molar-refractivity contribution in [3.8, 4) is 0 Å². The van der Waals surface area contributed by atoms with Crippen LogP contribution >= 0.6 is 34.2 Å². The minimum absolute atomic E-state index is 0.00355. The number of aromatic nitrogens is 2. The third-order valence-corrected chi connectivity index (χ3v) is 5.02. The van der Waals surface area contributed by atoms with Crippen molar-refractivity contribution >= 4 is 49.9 Å². The van der Waals surface area contributed by atoms with Crippen LogP contribution in [0.2, 0.25) is 5.28 Å². The maximum absolute atomic E-state index is 12.1. The molecule has 8 heteroatoms. The van der Waals surface area contributed by atoms with Gasteiger partial charge in [0.25, 0.3) is 10.0 Å². The molecular formula is C11H9ClIN3O2S. The van der Waals surface area contributed by atoms with Crippen molar-refractivity contribution in [1.29, 1.82) is 0 Å². The van der Waals surface area contributed by atoms with Gasteiger partial charge in [-0.05, 0) is 58.8 Å². The SMILES string of the molecule is Cc1ccc(NS(=O)(=O)c2cnc(Cl)nc2)cc1I. The number of rotatable bonds is 3. The van der Waals surface area contributed by atoms with Crippen LogP contribution in [-0.2, 0) is 10.0 Å². The van der Waals surface area contributed by atoms with E-state index >= 15 is 0 Å². The van der Waals surface area contributed by atoms with Crippen molar-refractivity contribution in [3.63, 3.8) is 0 Å². The standard InChI is InChI=1S/C11H9ClIN3O2S/c1-7-2-3-8(4-10(7)13)16-19(17,18)9-5-14-11(12)15-6-9/h2-6,16H,1H3. The molecule has 0 spiro atoms. The molecule has 2 rings (SSSR count). The molecule has 0 aliphatic carbocycles. The second kappa shape index (κ2) is 5.59. The van der Waals surface area contributed by atoms with Crippen molar-refractivity contribution in [2.45, 2.75) is 11.8 Å². The normalized spacial score (nSPS) is 11.3. The summed E-state index contributed by atoms with van der Waals surface area (Å²) >= 11 is 7.67. The summed E-state index contributed by atoms with van der Waals surface area (Å²) in [6.07, 6.45) is 2.33. The minimum Gasteiger partial charge on any atom is -0.280 e. The van der Waals surface area contributed by atoms with Crippen molar-refractivity contribution in [1.82, 2.24) is 9.97 Å². The van der Waals surface area contributed by atoms with Crippen LogP contribution in [0, 0.1) is 10.5 Å². The Bertz CT molecular complexity index is 704. The molecular weight excluding hydrogens is 401 g/mol. The second-order valence-corrected chi connectivity index (χ2v) is 6.94. The summed E-state index contributed by atoms with van der Waals surface area (Å²) in [7, 11) is -3.70. The molecule has 0 atom stereocenters. The lowest BCUT2D eigenvalue weighted by atomic mass is 10.2. The number of halogens is 2. The first kappa shape index (κ1) is 14.5. The van der Waals surface area contributed by atoms with Crippen molar-refractivity contribution < 1.29 is 8.42 Å². The van der Waals surface area contributed by atoms with Gasteiger partial charge in [0, 0.05) is 9.26 Å². The van der Waals surface area contributed by atoms with E-state index < -0.39 is 10.0 Å². The van der Waals surface area contributed by atoms with Gasteiger partial charge < -0.3 is 0 Å². The highest BCUT2D eigenvalue weighted by atomic mass is 127. The van der Waals surface area contributed by atoms with Crippen LogP contribution in [0.5, 0.6) is 0 Å². The highest BCUT2D eigenvalue weighted by Crippen LogP contribution is 2.20. The molecule has 0 aliphatic rings. The fraction of sp³-hybridized carbons (Fsp3) is 0.0909. The van der Waals surface area contributed by atoms with Crippen LogP contribution in [0.15, 0.2) is 35.5 Å². The first-order valence-electron chi connectivity index (χ1n) is 5.15. The number of anilines is 1. The average Bonchev–Trinajstić information content (AvgIpc) is 2.34. The van der Waals surface area contributed by atoms with Crippen LogP contribution in [0.4, 0.5) is 5.69 Å². The van der Waals surface area contributed by atoms with Gasteiger partial charge in [0.15, 0.2) is 0 Å². The number of nitrogens with one attached hydrogen (secondary N) is 1. The Labute approximate surface area is 129 Å². The van der Waals surface area contributed by atoms with Gasteiger partial charge in [0.2, 0.25) is 5.28 Å². The maximum Gasteiger partial charge on any atom is 0.264 e. The molecule has 0 bridgehead atoms. The molecule has 2 aromatic rings. The van der Waals surface area contributed by atoms with E-state index in [9.17, 15) is 8.42 Å². The Morgan fingerprint density at radius 2 is 1.89 bits per heavy atom. The molecule has 1 aromatic carbocycles. The zero-order valence-corrected chi connectivity index (χ0v) is 13.5. The van der Waals surface area contributed by atoms with Crippen molar-refractivity contribution in [2.24, 2.45) is 0 Å². The largest absolute Gasteiger partial charge is 0.280 e. The zero-order valence-electron chi connectivity index (χ0n) is 9.76. The zero-order chi connectivity index (χ0) is 14.0. The summed E-state index contributed by atoms with van der Waals surface area (Å²) in [6.45, 7) is 1.95. The van der Waals surface area contributed by atoms with Crippen LogP contribution in [-0.4, -0.2) is 18.4 Å². The van der Waals surface area contributed by atoms with Crippen LogP contribution < -0.4 is 4.72 Å². The summed E-state index contributed by atoms with van der Waals surface area (Å²) in [5.41, 5.74) is 1.57. The fourth-order valence-electron chi connectivity index (χ4n) is 1.31. The molecule has 1 heterocycles. The molecule has 1 aromatic heterocycles. The number of sulfonamides is 1. The Balaban J connectivity index is 2.30. The summed E-state index contributed by atoms with van der Waals surface area (Å²) in [5.74, 6) is 0. The Morgan fingerprint density at radius 3 is 2.47 bits per heavy atom. The number of nitrogens with zero attached hydrogens (tertiary/aromatic N) is 2. The van der Waals surface area contributed by atoms with E-state index in [0.29, 0.717) is 5.69 Å². The quantitative estimate of drug-likeness (QED) is 0.625. The lowest BCUT2D eigenvalue weighted by Crippen LogP contribution is -2.13. The number of benzene rings is 1. The van der Waals surface area contributed by atoms with E-state index in [1.165, 1.54) is 0 Å². The van der Waals surface area contributed by atoms with Crippen LogP contribution in [0.1, 0.15) is 5.56 Å². The predicted molar refractivity (Wildman–Crippen MR) is 81.7 cm³/mol. The molecule has 0 radical (unpaired) electrons.